The van der Waals surface area contributed by atoms with Crippen molar-refractivity contribution in [3.63, 3.8) is 0 Å². The van der Waals surface area contributed by atoms with Gasteiger partial charge in [0.1, 0.15) is 0 Å². The van der Waals surface area contributed by atoms with Crippen LogP contribution in [0.4, 0.5) is 0 Å². The van der Waals surface area contributed by atoms with Gasteiger partial charge in [0.05, 0.1) is 0 Å². The zero-order valence-electron chi connectivity index (χ0n) is 11.1. The monoisotopic (exact) mass is 594 g/mol. The molecule has 0 saturated heterocycles. The van der Waals surface area contributed by atoms with Crippen LogP contribution < -0.4 is 12.3 Å². The van der Waals surface area contributed by atoms with Crippen molar-refractivity contribution in [2.75, 3.05) is 0 Å². The molecular weight excluding hydrogens is 588 g/mol. The average Bonchev–Trinajstić information content (AvgIpc) is 1.62. The Labute approximate surface area is 172 Å². The second-order valence-corrected chi connectivity index (χ2v) is 4.90. The smallest absolute Gasteiger partial charge is 0.759 e. The van der Waals surface area contributed by atoms with Gasteiger partial charge in [0.25, 0.3) is 0 Å². The van der Waals surface area contributed by atoms with Crippen molar-refractivity contribution in [1.29, 1.82) is 0 Å². The quantitative estimate of drug-likeness (QED) is 0.151. The molecular formula is H8N2Ni3O16S4. The summed E-state index contributed by atoms with van der Waals surface area (Å²) in [5.74, 6) is 0. The molecule has 0 aromatic rings. The molecule has 0 fully saturated rings. The summed E-state index contributed by atoms with van der Waals surface area (Å²) in [4.78, 5) is 0. The molecule has 168 valence electrons. The SMILES string of the molecule is O=S(=O)([O-])[O-].O=S(=O)([O-])[O-].O=S(=O)([O-])[O-].O=S(=O)([O-])[O-].[NH4+].[NH4+].[Ni+2].[Ni+2].[Ni+2]. The second-order valence-electron chi connectivity index (χ2n) is 1.63. The van der Waals surface area contributed by atoms with Crippen molar-refractivity contribution in [3.05, 3.63) is 0 Å². The van der Waals surface area contributed by atoms with Gasteiger partial charge in [-0.15, -0.1) is 0 Å². The molecule has 25 heteroatoms. The molecule has 0 heterocycles. The molecule has 0 radical (unpaired) electrons. The van der Waals surface area contributed by atoms with Crippen LogP contribution in [-0.2, 0) is 91.1 Å². The first-order valence-electron chi connectivity index (χ1n) is 2.67. The van der Waals surface area contributed by atoms with E-state index in [2.05, 4.69) is 0 Å². The number of quaternary nitrogens is 2. The zero-order valence-corrected chi connectivity index (χ0v) is 17.3. The fraction of sp³-hybridized carbons (Fsp3) is 0. The Morgan fingerprint density at radius 1 is 0.320 bits per heavy atom. The molecule has 0 aromatic heterocycles. The van der Waals surface area contributed by atoms with Gasteiger partial charge in [-0.3, -0.25) is 33.7 Å². The minimum atomic E-state index is -5.17. The Morgan fingerprint density at radius 2 is 0.320 bits per heavy atom. The van der Waals surface area contributed by atoms with E-state index in [0.717, 1.165) is 0 Å². The Bertz CT molecular complexity index is 490. The van der Waals surface area contributed by atoms with Crippen molar-refractivity contribution in [1.82, 2.24) is 12.3 Å². The standard InChI is InChI=1S/2H3N.3Ni.4H2O4S/c;;;;;4*1-5(2,3)4/h2*1H3;;;;4*(H2,1,2,3,4)/q;;3*+2;;;;/p-6. The summed E-state index contributed by atoms with van der Waals surface area (Å²) in [6.45, 7) is 0. The van der Waals surface area contributed by atoms with Crippen LogP contribution in [0.2, 0.25) is 0 Å². The molecule has 0 spiro atoms. The molecule has 0 saturated carbocycles. The maximum Gasteiger partial charge on any atom is 2.00 e. The molecule has 0 amide bonds. The van der Waals surface area contributed by atoms with Crippen LogP contribution in [0, 0.1) is 0 Å². The first-order valence-corrected chi connectivity index (χ1v) is 8.00. The normalized spacial score (nSPS) is 9.28. The Morgan fingerprint density at radius 3 is 0.320 bits per heavy atom. The first kappa shape index (κ1) is 56.2. The van der Waals surface area contributed by atoms with Crippen LogP contribution >= 0.6 is 0 Å². The van der Waals surface area contributed by atoms with Gasteiger partial charge in [0.15, 0.2) is 0 Å². The number of hydrogen-bond acceptors (Lipinski definition) is 16. The van der Waals surface area contributed by atoms with Crippen molar-refractivity contribution >= 4 is 41.6 Å². The van der Waals surface area contributed by atoms with E-state index >= 15 is 0 Å². The average molecular weight is 596 g/mol. The van der Waals surface area contributed by atoms with E-state index in [1.165, 1.54) is 0 Å². The summed E-state index contributed by atoms with van der Waals surface area (Å²) in [5.41, 5.74) is 0. The molecule has 25 heavy (non-hydrogen) atoms. The summed E-state index contributed by atoms with van der Waals surface area (Å²) in [5, 5.41) is 0. The van der Waals surface area contributed by atoms with Gasteiger partial charge in [-0.1, -0.05) is 0 Å². The van der Waals surface area contributed by atoms with E-state index in [-0.39, 0.29) is 61.8 Å². The molecule has 0 aliphatic carbocycles. The van der Waals surface area contributed by atoms with E-state index < -0.39 is 41.6 Å². The van der Waals surface area contributed by atoms with Crippen molar-refractivity contribution < 1.29 is 120 Å². The van der Waals surface area contributed by atoms with Gasteiger partial charge in [-0.2, -0.15) is 0 Å². The summed E-state index contributed by atoms with van der Waals surface area (Å²) in [6, 6.07) is 0. The van der Waals surface area contributed by atoms with Gasteiger partial charge >= 0.3 is 49.5 Å². The minimum absolute atomic E-state index is 0. The van der Waals surface area contributed by atoms with E-state index in [1.54, 1.807) is 0 Å². The summed E-state index contributed by atoms with van der Waals surface area (Å²) in [7, 11) is -20.7. The molecule has 0 aliphatic rings. The molecule has 18 nitrogen and oxygen atoms in total. The third kappa shape index (κ3) is 16800. The fourth-order valence-corrected chi connectivity index (χ4v) is 0. The van der Waals surface area contributed by atoms with Crippen LogP contribution in [0.25, 0.3) is 0 Å². The predicted molar refractivity (Wildman–Crippen MR) is 53.9 cm³/mol. The molecule has 0 bridgehead atoms. The van der Waals surface area contributed by atoms with Gasteiger partial charge in [-0.05, 0) is 0 Å². The number of rotatable bonds is 0. The van der Waals surface area contributed by atoms with Crippen LogP contribution in [0.15, 0.2) is 0 Å². The summed E-state index contributed by atoms with van der Waals surface area (Å²) in [6.07, 6.45) is 0. The molecule has 0 atom stereocenters. The fourth-order valence-electron chi connectivity index (χ4n) is 0. The summed E-state index contributed by atoms with van der Waals surface area (Å²) >= 11 is 0. The van der Waals surface area contributed by atoms with E-state index in [9.17, 15) is 0 Å². The predicted octanol–water partition coefficient (Wildman–Crippen LogP) is -4.61. The third-order valence-corrected chi connectivity index (χ3v) is 0. The Kier molecular flexibility index (Phi) is 51.5. The van der Waals surface area contributed by atoms with E-state index in [0.29, 0.717) is 0 Å². The number of hydrogen-bond donors (Lipinski definition) is 2. The molecule has 0 unspecified atom stereocenters. The minimum Gasteiger partial charge on any atom is -0.759 e. The molecule has 0 rings (SSSR count). The van der Waals surface area contributed by atoms with Gasteiger partial charge < -0.3 is 48.7 Å². The molecule has 0 aliphatic heterocycles. The Hall–Kier alpha value is 0.881. The Balaban J connectivity index is -0.0000000183. The topological polar surface area (TPSA) is 394 Å². The van der Waals surface area contributed by atoms with Gasteiger partial charge in [0, 0.05) is 41.6 Å². The molecule has 8 N–H and O–H groups in total. The molecule has 0 aromatic carbocycles. The van der Waals surface area contributed by atoms with Gasteiger partial charge in [0.2, 0.25) is 0 Å². The first-order chi connectivity index (χ1) is 8.00. The maximum atomic E-state index is 8.52. The van der Waals surface area contributed by atoms with Crippen molar-refractivity contribution in [3.8, 4) is 0 Å². The van der Waals surface area contributed by atoms with Crippen molar-refractivity contribution in [2.24, 2.45) is 0 Å². The largest absolute Gasteiger partial charge is 2.00 e. The van der Waals surface area contributed by atoms with Crippen molar-refractivity contribution in [2.45, 2.75) is 0 Å². The van der Waals surface area contributed by atoms with Crippen LogP contribution in [-0.4, -0.2) is 70.1 Å². The van der Waals surface area contributed by atoms with Crippen LogP contribution in [0.1, 0.15) is 0 Å². The van der Waals surface area contributed by atoms with Crippen LogP contribution in [0.3, 0.4) is 0 Å². The second kappa shape index (κ2) is 22.9. The van der Waals surface area contributed by atoms with E-state index in [1.807, 2.05) is 0 Å². The zero-order chi connectivity index (χ0) is 18.0. The third-order valence-electron chi connectivity index (χ3n) is 0. The van der Waals surface area contributed by atoms with Crippen LogP contribution in [0.5, 0.6) is 0 Å². The summed E-state index contributed by atoms with van der Waals surface area (Å²) < 4.78 is 136. The van der Waals surface area contributed by atoms with Gasteiger partial charge in [-0.25, -0.2) is 0 Å². The maximum absolute atomic E-state index is 8.52. The van der Waals surface area contributed by atoms with E-state index in [4.69, 9.17) is 70.1 Å².